The van der Waals surface area contributed by atoms with Gasteiger partial charge in [-0.1, -0.05) is 37.3 Å². The maximum Gasteiger partial charge on any atom is 0.255 e. The first-order valence-electron chi connectivity index (χ1n) is 7.45. The average Bonchev–Trinajstić information content (AvgIpc) is 3.34. The fourth-order valence-corrected chi connectivity index (χ4v) is 2.66. The van der Waals surface area contributed by atoms with E-state index in [1.54, 1.807) is 6.07 Å². The topological polar surface area (TPSA) is 45.8 Å². The number of nitrogens with zero attached hydrogens (tertiary/aromatic N) is 2. The summed E-state index contributed by atoms with van der Waals surface area (Å²) in [7, 11) is 0. The molecule has 1 aromatic carbocycles. The molecular formula is C18H18N2O. The molecule has 0 atom stereocenters. The second-order valence-electron chi connectivity index (χ2n) is 5.54. The van der Waals surface area contributed by atoms with Gasteiger partial charge in [0.1, 0.15) is 0 Å². The first-order chi connectivity index (χ1) is 10.2. The van der Waals surface area contributed by atoms with Crippen LogP contribution in [0.25, 0.3) is 11.3 Å². The average molecular weight is 278 g/mol. The van der Waals surface area contributed by atoms with E-state index in [2.05, 4.69) is 37.3 Å². The number of nitriles is 1. The lowest BCUT2D eigenvalue weighted by atomic mass is 10.1. The van der Waals surface area contributed by atoms with Crippen molar-refractivity contribution in [3.05, 3.63) is 57.9 Å². The first-order valence-corrected chi connectivity index (χ1v) is 7.45. The van der Waals surface area contributed by atoms with Gasteiger partial charge < -0.3 is 4.57 Å². The molecule has 21 heavy (non-hydrogen) atoms. The first kappa shape index (κ1) is 13.6. The Bertz CT molecular complexity index is 746. The number of rotatable bonds is 4. The highest BCUT2D eigenvalue weighted by molar-refractivity contribution is 5.61. The number of benzene rings is 1. The van der Waals surface area contributed by atoms with E-state index in [-0.39, 0.29) is 12.0 Å². The number of aromatic nitrogens is 1. The third-order valence-electron chi connectivity index (χ3n) is 4.03. The number of hydrogen-bond donors (Lipinski definition) is 0. The minimum atomic E-state index is -0.00359. The van der Waals surface area contributed by atoms with Crippen molar-refractivity contribution in [1.82, 2.24) is 4.57 Å². The van der Waals surface area contributed by atoms with Crippen molar-refractivity contribution in [2.45, 2.75) is 38.6 Å². The van der Waals surface area contributed by atoms with Crippen molar-refractivity contribution in [1.29, 1.82) is 5.26 Å². The van der Waals surface area contributed by atoms with Crippen LogP contribution in [0.3, 0.4) is 0 Å². The third kappa shape index (κ3) is 2.62. The van der Waals surface area contributed by atoms with Gasteiger partial charge in [0.25, 0.3) is 5.56 Å². The van der Waals surface area contributed by atoms with E-state index < -0.39 is 0 Å². The Labute approximate surface area is 124 Å². The molecule has 1 aliphatic rings. The van der Waals surface area contributed by atoms with Crippen LogP contribution >= 0.6 is 0 Å². The Kier molecular flexibility index (Phi) is 3.62. The summed E-state index contributed by atoms with van der Waals surface area (Å²) in [6.45, 7) is 2.13. The molecule has 0 N–H and O–H groups in total. The third-order valence-corrected chi connectivity index (χ3v) is 4.03. The van der Waals surface area contributed by atoms with Crippen LogP contribution in [0, 0.1) is 11.3 Å². The zero-order chi connectivity index (χ0) is 14.8. The summed E-state index contributed by atoms with van der Waals surface area (Å²) in [5.41, 5.74) is 3.92. The van der Waals surface area contributed by atoms with Crippen LogP contribution in [0.1, 0.15) is 36.9 Å². The lowest BCUT2D eigenvalue weighted by Crippen LogP contribution is -2.24. The van der Waals surface area contributed by atoms with E-state index in [1.807, 2.05) is 10.6 Å². The van der Waals surface area contributed by atoms with E-state index in [1.165, 1.54) is 5.56 Å². The molecule has 0 bridgehead atoms. The molecule has 1 saturated carbocycles. The molecule has 3 nitrogen and oxygen atoms in total. The highest BCUT2D eigenvalue weighted by atomic mass is 16.1. The van der Waals surface area contributed by atoms with E-state index in [9.17, 15) is 4.79 Å². The van der Waals surface area contributed by atoms with E-state index in [4.69, 9.17) is 5.26 Å². The lowest BCUT2D eigenvalue weighted by molar-refractivity contribution is 0.708. The predicted molar refractivity (Wildman–Crippen MR) is 83.1 cm³/mol. The fraction of sp³-hybridized carbons (Fsp3) is 0.333. The number of hydrogen-bond acceptors (Lipinski definition) is 2. The minimum absolute atomic E-state index is 0.00359. The Morgan fingerprint density at radius 2 is 1.90 bits per heavy atom. The van der Waals surface area contributed by atoms with Gasteiger partial charge in [0, 0.05) is 11.6 Å². The zero-order valence-corrected chi connectivity index (χ0v) is 12.2. The molecule has 1 heterocycles. The van der Waals surface area contributed by atoms with Crippen LogP contribution in [0.2, 0.25) is 0 Å². The molecule has 1 aromatic heterocycles. The Hall–Kier alpha value is -2.34. The summed E-state index contributed by atoms with van der Waals surface area (Å²) in [5, 5.41) is 8.84. The maximum absolute atomic E-state index is 12.6. The van der Waals surface area contributed by atoms with Gasteiger partial charge in [-0.15, -0.1) is 0 Å². The fourth-order valence-electron chi connectivity index (χ4n) is 2.66. The van der Waals surface area contributed by atoms with Crippen molar-refractivity contribution in [3.63, 3.8) is 0 Å². The summed E-state index contributed by atoms with van der Waals surface area (Å²) in [5.74, 6) is 0. The molecule has 0 radical (unpaired) electrons. The van der Waals surface area contributed by atoms with Crippen LogP contribution in [-0.2, 0) is 12.8 Å². The van der Waals surface area contributed by atoms with Crippen molar-refractivity contribution >= 4 is 0 Å². The minimum Gasteiger partial charge on any atom is -0.305 e. The van der Waals surface area contributed by atoms with Crippen molar-refractivity contribution in [2.24, 2.45) is 0 Å². The monoisotopic (exact) mass is 278 g/mol. The summed E-state index contributed by atoms with van der Waals surface area (Å²) in [6, 6.07) is 14.5. The highest BCUT2D eigenvalue weighted by Crippen LogP contribution is 2.37. The SMILES string of the molecule is CCc1ccc(-c2ccc(CC#N)c(=O)n2C2CC2)cc1. The zero-order valence-electron chi connectivity index (χ0n) is 12.2. The second-order valence-corrected chi connectivity index (χ2v) is 5.54. The quantitative estimate of drug-likeness (QED) is 0.859. The molecule has 106 valence electrons. The second kappa shape index (κ2) is 5.57. The largest absolute Gasteiger partial charge is 0.305 e. The maximum atomic E-state index is 12.6. The van der Waals surface area contributed by atoms with Gasteiger partial charge in [-0.2, -0.15) is 5.26 Å². The number of pyridine rings is 1. The van der Waals surface area contributed by atoms with Crippen molar-refractivity contribution in [2.75, 3.05) is 0 Å². The molecule has 1 fully saturated rings. The summed E-state index contributed by atoms with van der Waals surface area (Å²) in [4.78, 5) is 12.6. The molecule has 1 aliphatic carbocycles. The summed E-state index contributed by atoms with van der Waals surface area (Å²) in [6.07, 6.45) is 3.29. The smallest absolute Gasteiger partial charge is 0.255 e. The normalized spacial score (nSPS) is 13.9. The summed E-state index contributed by atoms with van der Waals surface area (Å²) < 4.78 is 1.88. The van der Waals surface area contributed by atoms with Gasteiger partial charge in [-0.3, -0.25) is 4.79 Å². The summed E-state index contributed by atoms with van der Waals surface area (Å²) >= 11 is 0. The molecule has 3 rings (SSSR count). The Morgan fingerprint density at radius 3 is 2.48 bits per heavy atom. The predicted octanol–water partition coefficient (Wildman–Crippen LogP) is 3.48. The van der Waals surface area contributed by atoms with Gasteiger partial charge >= 0.3 is 0 Å². The van der Waals surface area contributed by atoms with Gasteiger partial charge in [0.05, 0.1) is 18.2 Å². The molecule has 0 spiro atoms. The van der Waals surface area contributed by atoms with Gasteiger partial charge in [-0.25, -0.2) is 0 Å². The standard InChI is InChI=1S/C18H18N2O/c1-2-13-3-5-14(6-4-13)17-10-7-15(11-12-19)18(21)20(17)16-8-9-16/h3-7,10,16H,2,8-9,11H2,1H3. The molecule has 2 aromatic rings. The van der Waals surface area contributed by atoms with E-state index in [0.717, 1.165) is 30.5 Å². The van der Waals surface area contributed by atoms with E-state index >= 15 is 0 Å². The molecular weight excluding hydrogens is 260 g/mol. The van der Waals surface area contributed by atoms with Crippen LogP contribution in [0.5, 0.6) is 0 Å². The van der Waals surface area contributed by atoms with Gasteiger partial charge in [-0.05, 0) is 36.5 Å². The Morgan fingerprint density at radius 1 is 1.19 bits per heavy atom. The van der Waals surface area contributed by atoms with Crippen LogP contribution in [-0.4, -0.2) is 4.57 Å². The van der Waals surface area contributed by atoms with Crippen LogP contribution in [0.15, 0.2) is 41.2 Å². The molecule has 0 unspecified atom stereocenters. The molecule has 0 aliphatic heterocycles. The lowest BCUT2D eigenvalue weighted by Gasteiger charge is -2.14. The van der Waals surface area contributed by atoms with Gasteiger partial charge in [0.2, 0.25) is 0 Å². The molecule has 0 saturated heterocycles. The van der Waals surface area contributed by atoms with Crippen molar-refractivity contribution in [3.8, 4) is 17.3 Å². The number of aryl methyl sites for hydroxylation is 1. The molecule has 0 amide bonds. The highest BCUT2D eigenvalue weighted by Gasteiger charge is 2.27. The van der Waals surface area contributed by atoms with Crippen LogP contribution in [0.4, 0.5) is 0 Å². The van der Waals surface area contributed by atoms with Gasteiger partial charge in [0.15, 0.2) is 0 Å². The van der Waals surface area contributed by atoms with E-state index in [0.29, 0.717) is 11.6 Å². The molecule has 3 heteroatoms. The Balaban J connectivity index is 2.11. The van der Waals surface area contributed by atoms with Crippen LogP contribution < -0.4 is 5.56 Å². The van der Waals surface area contributed by atoms with Crippen molar-refractivity contribution < 1.29 is 0 Å².